The average Bonchev–Trinajstić information content (AvgIpc) is 2.48. The number of hydrogen-bond acceptors (Lipinski definition) is 3. The Kier molecular flexibility index (Phi) is 4.02. The van der Waals surface area contributed by atoms with Gasteiger partial charge in [0.2, 0.25) is 0 Å². The molecule has 0 spiro atoms. The lowest BCUT2D eigenvalue weighted by Gasteiger charge is -2.13. The first kappa shape index (κ1) is 13.6. The first-order chi connectivity index (χ1) is 9.60. The lowest BCUT2D eigenvalue weighted by Crippen LogP contribution is -2.14. The largest absolute Gasteiger partial charge is 0.378 e. The van der Waals surface area contributed by atoms with E-state index in [2.05, 4.69) is 5.32 Å². The molecule has 0 aliphatic heterocycles. The predicted molar refractivity (Wildman–Crippen MR) is 79.9 cm³/mol. The minimum absolute atomic E-state index is 0.168. The Morgan fingerprint density at radius 2 is 1.85 bits per heavy atom. The lowest BCUT2D eigenvalue weighted by atomic mass is 10.1. The maximum Gasteiger partial charge on any atom is 0.255 e. The van der Waals surface area contributed by atoms with Gasteiger partial charge >= 0.3 is 0 Å². The molecule has 0 unspecified atom stereocenters. The van der Waals surface area contributed by atoms with Gasteiger partial charge in [0, 0.05) is 31.0 Å². The second kappa shape index (κ2) is 5.89. The summed E-state index contributed by atoms with van der Waals surface area (Å²) in [5.41, 5.74) is 2.81. The van der Waals surface area contributed by atoms with Crippen molar-refractivity contribution < 1.29 is 4.79 Å². The second-order valence-electron chi connectivity index (χ2n) is 4.59. The minimum Gasteiger partial charge on any atom is -0.378 e. The summed E-state index contributed by atoms with van der Waals surface area (Å²) in [6.07, 6.45) is 0. The van der Waals surface area contributed by atoms with Crippen molar-refractivity contribution >= 4 is 17.3 Å². The molecule has 0 fully saturated rings. The summed E-state index contributed by atoms with van der Waals surface area (Å²) < 4.78 is 0. The van der Waals surface area contributed by atoms with E-state index in [4.69, 9.17) is 5.26 Å². The van der Waals surface area contributed by atoms with E-state index in [1.165, 1.54) is 0 Å². The van der Waals surface area contributed by atoms with Gasteiger partial charge in [0.15, 0.2) is 0 Å². The number of hydrogen-bond donors (Lipinski definition) is 1. The van der Waals surface area contributed by atoms with Gasteiger partial charge in [-0.2, -0.15) is 5.26 Å². The normalized spacial score (nSPS) is 9.65. The zero-order valence-corrected chi connectivity index (χ0v) is 11.4. The number of amides is 1. The summed E-state index contributed by atoms with van der Waals surface area (Å²) in [4.78, 5) is 14.1. The Bertz CT molecular complexity index is 654. The number of benzene rings is 2. The number of nitriles is 1. The number of rotatable bonds is 3. The highest BCUT2D eigenvalue weighted by atomic mass is 16.1. The van der Waals surface area contributed by atoms with Gasteiger partial charge < -0.3 is 10.2 Å². The fourth-order valence-electron chi connectivity index (χ4n) is 1.76. The van der Waals surface area contributed by atoms with Crippen molar-refractivity contribution in [2.75, 3.05) is 24.3 Å². The Morgan fingerprint density at radius 1 is 1.15 bits per heavy atom. The molecule has 2 aromatic rings. The molecule has 4 heteroatoms. The summed E-state index contributed by atoms with van der Waals surface area (Å²) in [7, 11) is 3.86. The van der Waals surface area contributed by atoms with Gasteiger partial charge in [-0.05, 0) is 42.5 Å². The molecular formula is C16H15N3O. The van der Waals surface area contributed by atoms with Crippen LogP contribution in [-0.2, 0) is 0 Å². The molecule has 0 aliphatic carbocycles. The van der Waals surface area contributed by atoms with E-state index in [0.29, 0.717) is 16.8 Å². The Morgan fingerprint density at radius 3 is 2.45 bits per heavy atom. The number of carbonyl (C=O) groups is 1. The molecule has 0 bridgehead atoms. The van der Waals surface area contributed by atoms with Gasteiger partial charge in [0.05, 0.1) is 11.6 Å². The molecule has 2 rings (SSSR count). The number of nitrogens with zero attached hydrogens (tertiary/aromatic N) is 2. The molecule has 1 amide bonds. The van der Waals surface area contributed by atoms with Crippen molar-refractivity contribution in [2.24, 2.45) is 0 Å². The minimum atomic E-state index is -0.168. The Balaban J connectivity index is 2.15. The summed E-state index contributed by atoms with van der Waals surface area (Å²) in [6, 6.07) is 16.2. The molecule has 0 aromatic heterocycles. The van der Waals surface area contributed by atoms with E-state index < -0.39 is 0 Å². The predicted octanol–water partition coefficient (Wildman–Crippen LogP) is 2.88. The standard InChI is InChI=1S/C16H15N3O/c1-19(2)15-5-3-4-13(10-15)16(20)18-14-8-6-12(11-17)7-9-14/h3-10H,1-2H3,(H,18,20). The smallest absolute Gasteiger partial charge is 0.255 e. The maximum absolute atomic E-state index is 12.1. The monoisotopic (exact) mass is 265 g/mol. The van der Waals surface area contributed by atoms with Gasteiger partial charge in [0.25, 0.3) is 5.91 Å². The van der Waals surface area contributed by atoms with Crippen LogP contribution in [0.1, 0.15) is 15.9 Å². The van der Waals surface area contributed by atoms with Crippen molar-refractivity contribution in [3.05, 3.63) is 59.7 Å². The molecule has 0 aliphatic rings. The molecule has 2 aromatic carbocycles. The maximum atomic E-state index is 12.1. The van der Waals surface area contributed by atoms with Crippen LogP contribution in [0.4, 0.5) is 11.4 Å². The quantitative estimate of drug-likeness (QED) is 0.928. The molecule has 0 saturated carbocycles. The van der Waals surface area contributed by atoms with E-state index in [-0.39, 0.29) is 5.91 Å². The van der Waals surface area contributed by atoms with Crippen LogP contribution in [0.25, 0.3) is 0 Å². The van der Waals surface area contributed by atoms with Crippen LogP contribution in [0.3, 0.4) is 0 Å². The van der Waals surface area contributed by atoms with Crippen LogP contribution < -0.4 is 10.2 Å². The highest BCUT2D eigenvalue weighted by Crippen LogP contribution is 2.15. The first-order valence-electron chi connectivity index (χ1n) is 6.19. The van der Waals surface area contributed by atoms with Crippen molar-refractivity contribution in [3.63, 3.8) is 0 Å². The third kappa shape index (κ3) is 3.15. The van der Waals surface area contributed by atoms with Crippen LogP contribution >= 0.6 is 0 Å². The van der Waals surface area contributed by atoms with E-state index in [0.717, 1.165) is 5.69 Å². The molecular weight excluding hydrogens is 250 g/mol. The topological polar surface area (TPSA) is 56.1 Å². The number of nitrogens with one attached hydrogen (secondary N) is 1. The van der Waals surface area contributed by atoms with Gasteiger partial charge in [-0.3, -0.25) is 4.79 Å². The van der Waals surface area contributed by atoms with E-state index in [1.54, 1.807) is 30.3 Å². The molecule has 0 heterocycles. The van der Waals surface area contributed by atoms with Crippen LogP contribution in [0, 0.1) is 11.3 Å². The van der Waals surface area contributed by atoms with Gasteiger partial charge in [-0.25, -0.2) is 0 Å². The third-order valence-corrected chi connectivity index (χ3v) is 2.90. The summed E-state index contributed by atoms with van der Waals surface area (Å²) >= 11 is 0. The lowest BCUT2D eigenvalue weighted by molar-refractivity contribution is 0.102. The van der Waals surface area contributed by atoms with Gasteiger partial charge in [0.1, 0.15) is 0 Å². The fraction of sp³-hybridized carbons (Fsp3) is 0.125. The average molecular weight is 265 g/mol. The van der Waals surface area contributed by atoms with Gasteiger partial charge in [-0.15, -0.1) is 0 Å². The highest BCUT2D eigenvalue weighted by molar-refractivity contribution is 6.04. The highest BCUT2D eigenvalue weighted by Gasteiger charge is 2.07. The zero-order valence-electron chi connectivity index (χ0n) is 11.4. The van der Waals surface area contributed by atoms with Crippen molar-refractivity contribution in [1.82, 2.24) is 0 Å². The number of anilines is 2. The fourth-order valence-corrected chi connectivity index (χ4v) is 1.76. The van der Waals surface area contributed by atoms with Crippen LogP contribution in [0.5, 0.6) is 0 Å². The van der Waals surface area contributed by atoms with E-state index >= 15 is 0 Å². The van der Waals surface area contributed by atoms with Crippen LogP contribution in [0.15, 0.2) is 48.5 Å². The Labute approximate surface area is 118 Å². The van der Waals surface area contributed by atoms with Crippen LogP contribution in [0.2, 0.25) is 0 Å². The third-order valence-electron chi connectivity index (χ3n) is 2.90. The first-order valence-corrected chi connectivity index (χ1v) is 6.19. The molecule has 0 atom stereocenters. The van der Waals surface area contributed by atoms with E-state index in [1.807, 2.05) is 43.3 Å². The summed E-state index contributed by atoms with van der Waals surface area (Å²) in [5, 5.41) is 11.5. The Hall–Kier alpha value is -2.80. The van der Waals surface area contributed by atoms with E-state index in [9.17, 15) is 4.79 Å². The van der Waals surface area contributed by atoms with Crippen molar-refractivity contribution in [1.29, 1.82) is 5.26 Å². The number of carbonyl (C=O) groups excluding carboxylic acids is 1. The molecule has 4 nitrogen and oxygen atoms in total. The summed E-state index contributed by atoms with van der Waals surface area (Å²) in [6.45, 7) is 0. The SMILES string of the molecule is CN(C)c1cccc(C(=O)Nc2ccc(C#N)cc2)c1. The van der Waals surface area contributed by atoms with Gasteiger partial charge in [-0.1, -0.05) is 6.07 Å². The van der Waals surface area contributed by atoms with Crippen LogP contribution in [-0.4, -0.2) is 20.0 Å². The molecule has 20 heavy (non-hydrogen) atoms. The molecule has 100 valence electrons. The second-order valence-corrected chi connectivity index (χ2v) is 4.59. The summed E-state index contributed by atoms with van der Waals surface area (Å²) in [5.74, 6) is -0.168. The molecule has 0 saturated heterocycles. The zero-order chi connectivity index (χ0) is 14.5. The molecule has 0 radical (unpaired) electrons. The molecule has 1 N–H and O–H groups in total. The van der Waals surface area contributed by atoms with Crippen molar-refractivity contribution in [3.8, 4) is 6.07 Å². The van der Waals surface area contributed by atoms with Crippen molar-refractivity contribution in [2.45, 2.75) is 0 Å².